The molecule has 1 N–H and O–H groups in total. The molecular formula is C15H25N3O. The van der Waals surface area contributed by atoms with E-state index in [1.165, 1.54) is 23.6 Å². The molecule has 0 saturated carbocycles. The van der Waals surface area contributed by atoms with Crippen LogP contribution in [0.15, 0.2) is 0 Å². The van der Waals surface area contributed by atoms with Crippen molar-refractivity contribution in [1.82, 2.24) is 14.9 Å². The first kappa shape index (κ1) is 13.1. The minimum absolute atomic E-state index is 0.482. The Morgan fingerprint density at radius 1 is 1.37 bits per heavy atom. The Bertz CT molecular complexity index is 446. The second-order valence-electron chi connectivity index (χ2n) is 6.18. The molecule has 4 heteroatoms. The average Bonchev–Trinajstić information content (AvgIpc) is 3.05. The molecule has 1 aromatic heterocycles. The van der Waals surface area contributed by atoms with Crippen molar-refractivity contribution >= 4 is 0 Å². The Hall–Kier alpha value is -0.870. The number of rotatable bonds is 3. The van der Waals surface area contributed by atoms with Crippen LogP contribution in [0.3, 0.4) is 0 Å². The standard InChI is InChI=1S/C15H25N3O/c1-10(2)15-17-13-8-16-6-4-14(13)18(15)11(3)12-5-7-19-9-12/h10-12,16H,4-9H2,1-3H3. The number of hydrogen-bond acceptors (Lipinski definition) is 3. The van der Waals surface area contributed by atoms with Crippen molar-refractivity contribution < 1.29 is 4.74 Å². The van der Waals surface area contributed by atoms with E-state index in [2.05, 4.69) is 30.7 Å². The fourth-order valence-corrected chi connectivity index (χ4v) is 3.36. The lowest BCUT2D eigenvalue weighted by Crippen LogP contribution is -2.27. The molecular weight excluding hydrogens is 238 g/mol. The van der Waals surface area contributed by atoms with Crippen LogP contribution in [0, 0.1) is 5.92 Å². The van der Waals surface area contributed by atoms with Gasteiger partial charge in [0.2, 0.25) is 0 Å². The van der Waals surface area contributed by atoms with Gasteiger partial charge in [-0.25, -0.2) is 4.98 Å². The zero-order chi connectivity index (χ0) is 13.4. The summed E-state index contributed by atoms with van der Waals surface area (Å²) in [6.07, 6.45) is 2.29. The summed E-state index contributed by atoms with van der Waals surface area (Å²) in [6.45, 7) is 10.7. The molecule has 1 saturated heterocycles. The van der Waals surface area contributed by atoms with Gasteiger partial charge >= 0.3 is 0 Å². The van der Waals surface area contributed by atoms with Gasteiger partial charge in [-0.15, -0.1) is 0 Å². The molecule has 2 unspecified atom stereocenters. The number of imidazole rings is 1. The second kappa shape index (κ2) is 5.25. The third kappa shape index (κ3) is 2.32. The largest absolute Gasteiger partial charge is 0.381 e. The number of hydrogen-bond donors (Lipinski definition) is 1. The predicted molar refractivity (Wildman–Crippen MR) is 75.4 cm³/mol. The van der Waals surface area contributed by atoms with Gasteiger partial charge in [0.25, 0.3) is 0 Å². The highest BCUT2D eigenvalue weighted by atomic mass is 16.5. The summed E-state index contributed by atoms with van der Waals surface area (Å²) >= 11 is 0. The molecule has 2 aliphatic heterocycles. The molecule has 0 aromatic carbocycles. The smallest absolute Gasteiger partial charge is 0.112 e. The lowest BCUT2D eigenvalue weighted by Gasteiger charge is -2.26. The zero-order valence-corrected chi connectivity index (χ0v) is 12.3. The minimum Gasteiger partial charge on any atom is -0.381 e. The van der Waals surface area contributed by atoms with Crippen LogP contribution in [-0.4, -0.2) is 29.3 Å². The van der Waals surface area contributed by atoms with Crippen molar-refractivity contribution in [2.45, 2.75) is 52.1 Å². The van der Waals surface area contributed by atoms with E-state index in [0.29, 0.717) is 17.9 Å². The summed E-state index contributed by atoms with van der Waals surface area (Å²) in [5.74, 6) is 2.38. The van der Waals surface area contributed by atoms with E-state index in [0.717, 1.165) is 32.7 Å². The van der Waals surface area contributed by atoms with Crippen LogP contribution in [0.25, 0.3) is 0 Å². The van der Waals surface area contributed by atoms with Crippen molar-refractivity contribution in [3.63, 3.8) is 0 Å². The molecule has 0 spiro atoms. The molecule has 106 valence electrons. The molecule has 19 heavy (non-hydrogen) atoms. The fourth-order valence-electron chi connectivity index (χ4n) is 3.36. The van der Waals surface area contributed by atoms with Gasteiger partial charge in [0, 0.05) is 49.7 Å². The highest BCUT2D eigenvalue weighted by Crippen LogP contribution is 2.32. The van der Waals surface area contributed by atoms with Crippen molar-refractivity contribution in [2.75, 3.05) is 19.8 Å². The summed E-state index contributed by atoms with van der Waals surface area (Å²) in [4.78, 5) is 4.90. The summed E-state index contributed by atoms with van der Waals surface area (Å²) < 4.78 is 8.10. The normalized spacial score (nSPS) is 24.7. The second-order valence-corrected chi connectivity index (χ2v) is 6.18. The van der Waals surface area contributed by atoms with Crippen molar-refractivity contribution in [1.29, 1.82) is 0 Å². The van der Waals surface area contributed by atoms with Gasteiger partial charge in [0.1, 0.15) is 5.82 Å². The summed E-state index contributed by atoms with van der Waals surface area (Å²) in [5, 5.41) is 3.43. The third-order valence-electron chi connectivity index (χ3n) is 4.52. The lowest BCUT2D eigenvalue weighted by molar-refractivity contribution is 0.174. The van der Waals surface area contributed by atoms with Gasteiger partial charge in [-0.2, -0.15) is 0 Å². The maximum absolute atomic E-state index is 5.57. The van der Waals surface area contributed by atoms with Gasteiger partial charge in [0.15, 0.2) is 0 Å². The number of nitrogens with one attached hydrogen (secondary N) is 1. The van der Waals surface area contributed by atoms with Crippen LogP contribution in [0.1, 0.15) is 56.4 Å². The monoisotopic (exact) mass is 263 g/mol. The van der Waals surface area contributed by atoms with E-state index >= 15 is 0 Å². The first-order valence-electron chi connectivity index (χ1n) is 7.56. The maximum Gasteiger partial charge on any atom is 0.112 e. The third-order valence-corrected chi connectivity index (χ3v) is 4.52. The lowest BCUT2D eigenvalue weighted by atomic mass is 9.99. The molecule has 0 aliphatic carbocycles. The van der Waals surface area contributed by atoms with Gasteiger partial charge in [-0.1, -0.05) is 13.8 Å². The summed E-state index contributed by atoms with van der Waals surface area (Å²) in [7, 11) is 0. The first-order chi connectivity index (χ1) is 9.18. The predicted octanol–water partition coefficient (Wildman–Crippen LogP) is 2.25. The maximum atomic E-state index is 5.57. The van der Waals surface area contributed by atoms with Crippen LogP contribution < -0.4 is 5.32 Å². The Balaban J connectivity index is 1.99. The molecule has 1 aromatic rings. The van der Waals surface area contributed by atoms with E-state index in [9.17, 15) is 0 Å². The summed E-state index contributed by atoms with van der Waals surface area (Å²) in [5.41, 5.74) is 2.72. The Morgan fingerprint density at radius 3 is 2.89 bits per heavy atom. The fraction of sp³-hybridized carbons (Fsp3) is 0.800. The molecule has 2 atom stereocenters. The van der Waals surface area contributed by atoms with Crippen molar-refractivity contribution in [3.8, 4) is 0 Å². The van der Waals surface area contributed by atoms with Crippen LogP contribution in [0.2, 0.25) is 0 Å². The van der Waals surface area contributed by atoms with Gasteiger partial charge in [-0.3, -0.25) is 0 Å². The van der Waals surface area contributed by atoms with Crippen molar-refractivity contribution in [2.24, 2.45) is 5.92 Å². The van der Waals surface area contributed by atoms with Gasteiger partial charge < -0.3 is 14.6 Å². The number of aromatic nitrogens is 2. The number of ether oxygens (including phenoxy) is 1. The van der Waals surface area contributed by atoms with Crippen LogP contribution in [0.4, 0.5) is 0 Å². The molecule has 1 fully saturated rings. The van der Waals surface area contributed by atoms with E-state index < -0.39 is 0 Å². The average molecular weight is 263 g/mol. The minimum atomic E-state index is 0.482. The molecule has 3 rings (SSSR count). The Kier molecular flexibility index (Phi) is 3.63. The van der Waals surface area contributed by atoms with E-state index in [-0.39, 0.29) is 0 Å². The zero-order valence-electron chi connectivity index (χ0n) is 12.3. The van der Waals surface area contributed by atoms with Crippen LogP contribution >= 0.6 is 0 Å². The van der Waals surface area contributed by atoms with E-state index in [1.54, 1.807) is 0 Å². The Morgan fingerprint density at radius 2 is 2.21 bits per heavy atom. The van der Waals surface area contributed by atoms with Crippen molar-refractivity contribution in [3.05, 3.63) is 17.2 Å². The molecule has 4 nitrogen and oxygen atoms in total. The molecule has 3 heterocycles. The summed E-state index contributed by atoms with van der Waals surface area (Å²) in [6, 6.07) is 0.509. The van der Waals surface area contributed by atoms with Crippen LogP contribution in [0.5, 0.6) is 0 Å². The van der Waals surface area contributed by atoms with E-state index in [4.69, 9.17) is 9.72 Å². The van der Waals surface area contributed by atoms with Gasteiger partial charge in [0.05, 0.1) is 12.3 Å². The molecule has 2 aliphatic rings. The van der Waals surface area contributed by atoms with Crippen LogP contribution in [-0.2, 0) is 17.7 Å². The number of nitrogens with zero attached hydrogens (tertiary/aromatic N) is 2. The molecule has 0 amide bonds. The Labute approximate surface area is 115 Å². The quantitative estimate of drug-likeness (QED) is 0.909. The van der Waals surface area contributed by atoms with E-state index in [1.807, 2.05) is 0 Å². The highest BCUT2D eigenvalue weighted by Gasteiger charge is 2.30. The molecule has 0 radical (unpaired) electrons. The number of fused-ring (bicyclic) bond motifs is 1. The SMILES string of the molecule is CC(C)c1nc2c(n1C(C)C1CCOC1)CCNC2. The topological polar surface area (TPSA) is 39.1 Å². The first-order valence-corrected chi connectivity index (χ1v) is 7.56. The highest BCUT2D eigenvalue weighted by molar-refractivity contribution is 5.23. The van der Waals surface area contributed by atoms with Gasteiger partial charge in [-0.05, 0) is 13.3 Å². The molecule has 0 bridgehead atoms.